The molecule has 2 rings (SSSR count). The molecule has 0 radical (unpaired) electrons. The van der Waals surface area contributed by atoms with Crippen LogP contribution in [0.2, 0.25) is 0 Å². The Bertz CT molecular complexity index is 268. The van der Waals surface area contributed by atoms with Crippen molar-refractivity contribution in [2.75, 3.05) is 19.6 Å². The van der Waals surface area contributed by atoms with Gasteiger partial charge in [0.05, 0.1) is 0 Å². The third-order valence-electron chi connectivity index (χ3n) is 5.82. The Hall–Kier alpha value is -0.0800. The van der Waals surface area contributed by atoms with Crippen LogP contribution >= 0.6 is 0 Å². The third kappa shape index (κ3) is 3.33. The van der Waals surface area contributed by atoms with Crippen LogP contribution in [0.25, 0.3) is 0 Å². The minimum Gasteiger partial charge on any atom is -0.329 e. The van der Waals surface area contributed by atoms with E-state index >= 15 is 0 Å². The Kier molecular flexibility index (Phi) is 5.30. The van der Waals surface area contributed by atoms with E-state index in [-0.39, 0.29) is 0 Å². The molecular formula is C17H34N2. The zero-order chi connectivity index (χ0) is 13.9. The second kappa shape index (κ2) is 6.58. The number of nitrogens with two attached hydrogens (primary N) is 1. The van der Waals surface area contributed by atoms with E-state index in [4.69, 9.17) is 5.73 Å². The molecule has 19 heavy (non-hydrogen) atoms. The highest BCUT2D eigenvalue weighted by Gasteiger charge is 2.48. The number of nitrogens with zero attached hydrogens (tertiary/aromatic N) is 1. The summed E-state index contributed by atoms with van der Waals surface area (Å²) in [6.45, 7) is 10.5. The van der Waals surface area contributed by atoms with E-state index in [1.54, 1.807) is 0 Å². The summed E-state index contributed by atoms with van der Waals surface area (Å²) in [5, 5.41) is 0. The van der Waals surface area contributed by atoms with Crippen molar-refractivity contribution in [1.82, 2.24) is 4.90 Å². The highest BCUT2D eigenvalue weighted by atomic mass is 15.2. The summed E-state index contributed by atoms with van der Waals surface area (Å²) in [5.74, 6) is 2.73. The van der Waals surface area contributed by atoms with Crippen LogP contribution in [0.15, 0.2) is 0 Å². The van der Waals surface area contributed by atoms with Crippen LogP contribution in [0, 0.1) is 17.8 Å². The van der Waals surface area contributed by atoms with Gasteiger partial charge in [-0.1, -0.05) is 33.6 Å². The predicted molar refractivity (Wildman–Crippen MR) is 83.2 cm³/mol. The Morgan fingerprint density at radius 3 is 2.53 bits per heavy atom. The van der Waals surface area contributed by atoms with Crippen molar-refractivity contribution in [2.24, 2.45) is 23.5 Å². The Balaban J connectivity index is 1.90. The molecule has 112 valence electrons. The molecule has 1 aliphatic heterocycles. The first-order valence-electron chi connectivity index (χ1n) is 8.56. The summed E-state index contributed by atoms with van der Waals surface area (Å²) >= 11 is 0. The van der Waals surface area contributed by atoms with Gasteiger partial charge >= 0.3 is 0 Å². The molecule has 1 aliphatic carbocycles. The summed E-state index contributed by atoms with van der Waals surface area (Å²) in [6.07, 6.45) is 9.71. The maximum atomic E-state index is 6.16. The molecular weight excluding hydrogens is 232 g/mol. The van der Waals surface area contributed by atoms with Crippen molar-refractivity contribution in [3.63, 3.8) is 0 Å². The fourth-order valence-corrected chi connectivity index (χ4v) is 4.28. The van der Waals surface area contributed by atoms with Gasteiger partial charge in [-0.05, 0) is 62.9 Å². The molecule has 0 bridgehead atoms. The Labute approximate surface area is 120 Å². The zero-order valence-corrected chi connectivity index (χ0v) is 13.3. The Morgan fingerprint density at radius 1 is 1.21 bits per heavy atom. The molecule has 1 saturated carbocycles. The molecule has 2 N–H and O–H groups in total. The average molecular weight is 266 g/mol. The van der Waals surface area contributed by atoms with E-state index in [1.807, 2.05) is 0 Å². The largest absolute Gasteiger partial charge is 0.329 e. The van der Waals surface area contributed by atoms with Gasteiger partial charge in [0.2, 0.25) is 0 Å². The van der Waals surface area contributed by atoms with Crippen LogP contribution in [0.4, 0.5) is 0 Å². The van der Waals surface area contributed by atoms with Gasteiger partial charge in [0, 0.05) is 12.1 Å². The fourth-order valence-electron chi connectivity index (χ4n) is 4.28. The topological polar surface area (TPSA) is 29.3 Å². The summed E-state index contributed by atoms with van der Waals surface area (Å²) < 4.78 is 0. The van der Waals surface area contributed by atoms with Crippen LogP contribution < -0.4 is 5.73 Å². The molecule has 0 aromatic heterocycles. The molecule has 1 atom stereocenters. The predicted octanol–water partition coefficient (Wildman–Crippen LogP) is 3.65. The van der Waals surface area contributed by atoms with E-state index in [9.17, 15) is 0 Å². The minimum atomic E-state index is 0.371. The van der Waals surface area contributed by atoms with E-state index in [2.05, 4.69) is 25.7 Å². The van der Waals surface area contributed by atoms with Crippen LogP contribution in [0.3, 0.4) is 0 Å². The van der Waals surface area contributed by atoms with Crippen LogP contribution in [0.1, 0.15) is 65.7 Å². The quantitative estimate of drug-likeness (QED) is 0.823. The molecule has 1 unspecified atom stereocenters. The first-order chi connectivity index (χ1) is 9.11. The zero-order valence-electron chi connectivity index (χ0n) is 13.3. The second-order valence-corrected chi connectivity index (χ2v) is 7.41. The molecule has 1 saturated heterocycles. The third-order valence-corrected chi connectivity index (χ3v) is 5.82. The molecule has 0 aromatic carbocycles. The number of hydrogen-bond acceptors (Lipinski definition) is 2. The fraction of sp³-hybridized carbons (Fsp3) is 1.00. The molecule has 0 spiro atoms. The van der Waals surface area contributed by atoms with Gasteiger partial charge in [-0.3, -0.25) is 4.90 Å². The number of likely N-dealkylation sites (tertiary alicyclic amines) is 1. The van der Waals surface area contributed by atoms with Crippen LogP contribution in [-0.4, -0.2) is 30.1 Å². The molecule has 2 aliphatic rings. The standard InChI is InChI=1S/C17H34N2/c1-4-6-15-7-5-9-19(10-8-15)17(13-18)11-16(12-17)14(2)3/h14-16H,4-13,18H2,1-3H3. The van der Waals surface area contributed by atoms with Crippen molar-refractivity contribution in [3.8, 4) is 0 Å². The van der Waals surface area contributed by atoms with Crippen LogP contribution in [-0.2, 0) is 0 Å². The lowest BCUT2D eigenvalue weighted by Gasteiger charge is -2.55. The van der Waals surface area contributed by atoms with E-state index in [0.29, 0.717) is 5.54 Å². The van der Waals surface area contributed by atoms with Gasteiger partial charge in [-0.2, -0.15) is 0 Å². The first-order valence-corrected chi connectivity index (χ1v) is 8.56. The maximum absolute atomic E-state index is 6.16. The molecule has 0 aromatic rings. The van der Waals surface area contributed by atoms with Crippen molar-refractivity contribution < 1.29 is 0 Å². The first kappa shape index (κ1) is 15.3. The SMILES string of the molecule is CCCC1CCCN(C2(CN)CC(C(C)C)C2)CC1. The minimum absolute atomic E-state index is 0.371. The summed E-state index contributed by atoms with van der Waals surface area (Å²) in [6, 6.07) is 0. The smallest absolute Gasteiger partial charge is 0.0337 e. The van der Waals surface area contributed by atoms with Crippen LogP contribution in [0.5, 0.6) is 0 Å². The van der Waals surface area contributed by atoms with E-state index < -0.39 is 0 Å². The highest BCUT2D eigenvalue weighted by Crippen LogP contribution is 2.46. The molecule has 1 heterocycles. The number of hydrogen-bond donors (Lipinski definition) is 1. The van der Waals surface area contributed by atoms with Gasteiger partial charge in [0.25, 0.3) is 0 Å². The lowest BCUT2D eigenvalue weighted by atomic mass is 9.63. The van der Waals surface area contributed by atoms with Gasteiger partial charge in [0.15, 0.2) is 0 Å². The lowest BCUT2D eigenvalue weighted by Crippen LogP contribution is -2.62. The highest BCUT2D eigenvalue weighted by molar-refractivity contribution is 5.04. The molecule has 2 heteroatoms. The molecule has 2 fully saturated rings. The van der Waals surface area contributed by atoms with Crippen molar-refractivity contribution in [3.05, 3.63) is 0 Å². The second-order valence-electron chi connectivity index (χ2n) is 7.41. The van der Waals surface area contributed by atoms with Gasteiger partial charge < -0.3 is 5.73 Å². The number of rotatable bonds is 5. The molecule has 2 nitrogen and oxygen atoms in total. The maximum Gasteiger partial charge on any atom is 0.0337 e. The van der Waals surface area contributed by atoms with Crippen molar-refractivity contribution in [2.45, 2.75) is 71.3 Å². The van der Waals surface area contributed by atoms with E-state index in [0.717, 1.165) is 24.3 Å². The molecule has 0 amide bonds. The van der Waals surface area contributed by atoms with E-state index in [1.165, 1.54) is 58.0 Å². The summed E-state index contributed by atoms with van der Waals surface area (Å²) in [5.41, 5.74) is 6.54. The van der Waals surface area contributed by atoms with Crippen molar-refractivity contribution in [1.29, 1.82) is 0 Å². The normalized spacial score (nSPS) is 37.1. The van der Waals surface area contributed by atoms with Gasteiger partial charge in [-0.25, -0.2) is 0 Å². The summed E-state index contributed by atoms with van der Waals surface area (Å²) in [7, 11) is 0. The monoisotopic (exact) mass is 266 g/mol. The van der Waals surface area contributed by atoms with Gasteiger partial charge in [-0.15, -0.1) is 0 Å². The lowest BCUT2D eigenvalue weighted by molar-refractivity contribution is -0.0338. The summed E-state index contributed by atoms with van der Waals surface area (Å²) in [4.78, 5) is 2.77. The average Bonchev–Trinajstić information content (AvgIpc) is 2.55. The van der Waals surface area contributed by atoms with Crippen molar-refractivity contribution >= 4 is 0 Å². The van der Waals surface area contributed by atoms with Gasteiger partial charge in [0.1, 0.15) is 0 Å². The Morgan fingerprint density at radius 2 is 1.95 bits per heavy atom.